The molecule has 0 aromatic rings. The number of allylic oxidation sites excluding steroid dienone is 1. The van der Waals surface area contributed by atoms with E-state index in [-0.39, 0.29) is 44.4 Å². The Balaban J connectivity index is 0. The molecule has 6 nitrogen and oxygen atoms in total. The third kappa shape index (κ3) is 11.8. The van der Waals surface area contributed by atoms with Crippen molar-refractivity contribution in [1.29, 1.82) is 0 Å². The largest absolute Gasteiger partial charge is 1.00 e. The third-order valence-corrected chi connectivity index (χ3v) is 3.02. The maximum absolute atomic E-state index is 11.6. The van der Waals surface area contributed by atoms with E-state index in [1.165, 1.54) is 11.8 Å². The molecule has 0 aromatic heterocycles. The molecule has 0 heterocycles. The van der Waals surface area contributed by atoms with Gasteiger partial charge in [-0.25, -0.2) is 0 Å². The fraction of sp³-hybridized carbons (Fsp3) is 0.733. The van der Waals surface area contributed by atoms with Crippen LogP contribution in [0.1, 0.15) is 46.5 Å². The minimum absolute atomic E-state index is 0. The quantitative estimate of drug-likeness (QED) is 0.151. The van der Waals surface area contributed by atoms with Gasteiger partial charge < -0.3 is 15.3 Å². The van der Waals surface area contributed by atoms with Gasteiger partial charge in [-0.3, -0.25) is 14.7 Å². The molecule has 0 saturated carbocycles. The van der Waals surface area contributed by atoms with E-state index in [0.29, 0.717) is 0 Å². The molecular formula is C15H27LiN2O4. The summed E-state index contributed by atoms with van der Waals surface area (Å²) in [5, 5.41) is 30.0. The first-order chi connectivity index (χ1) is 9.88. The van der Waals surface area contributed by atoms with Gasteiger partial charge in [0.15, 0.2) is 0 Å². The Bertz CT molecular complexity index is 359. The molecule has 0 aliphatic carbocycles. The summed E-state index contributed by atoms with van der Waals surface area (Å²) in [6, 6.07) is -0.795. The Hall–Kier alpha value is -0.803. The molecular weight excluding hydrogens is 279 g/mol. The number of hydrogen-bond acceptors (Lipinski definition) is 5. The summed E-state index contributed by atoms with van der Waals surface area (Å²) >= 11 is 0. The van der Waals surface area contributed by atoms with Gasteiger partial charge in [-0.05, 0) is 32.6 Å². The van der Waals surface area contributed by atoms with Crippen LogP contribution >= 0.6 is 0 Å². The number of aliphatic carboxylic acids is 1. The molecule has 0 aromatic carbocycles. The number of carboxylic acids is 1. The summed E-state index contributed by atoms with van der Waals surface area (Å²) in [6.07, 6.45) is 6.48. The minimum Gasteiger partial charge on any atom is -0.862 e. The Morgan fingerprint density at radius 2 is 2.00 bits per heavy atom. The van der Waals surface area contributed by atoms with Crippen molar-refractivity contribution in [2.45, 2.75) is 58.6 Å². The van der Waals surface area contributed by atoms with Crippen LogP contribution in [0.4, 0.5) is 0 Å². The fourth-order valence-corrected chi connectivity index (χ4v) is 1.69. The van der Waals surface area contributed by atoms with E-state index in [1.807, 2.05) is 6.08 Å². The van der Waals surface area contributed by atoms with Crippen LogP contribution in [0.5, 0.6) is 0 Å². The molecule has 2 N–H and O–H groups in total. The van der Waals surface area contributed by atoms with Gasteiger partial charge in [0.2, 0.25) is 0 Å². The first-order valence-corrected chi connectivity index (χ1v) is 7.38. The van der Waals surface area contributed by atoms with Crippen molar-refractivity contribution in [1.82, 2.24) is 4.90 Å². The first kappa shape index (κ1) is 23.5. The topological polar surface area (TPSA) is 96.2 Å². The second-order valence-corrected chi connectivity index (χ2v) is 5.15. The van der Waals surface area contributed by atoms with E-state index in [1.54, 1.807) is 13.0 Å². The Labute approximate surface area is 145 Å². The van der Waals surface area contributed by atoms with Crippen LogP contribution in [-0.4, -0.2) is 52.3 Å². The van der Waals surface area contributed by atoms with Gasteiger partial charge in [-0.15, -0.1) is 0 Å². The van der Waals surface area contributed by atoms with Crippen molar-refractivity contribution < 1.29 is 39.0 Å². The predicted octanol–water partition coefficient (Wildman–Crippen LogP) is -2.00. The minimum atomic E-state index is -1.00. The SMILES string of the molecule is CCCC/C=C/CC([O-])=NCN(CC(C)O)C(C)C(=O)O.[Li+]. The molecule has 2 unspecified atom stereocenters. The number of nitrogens with zero attached hydrogens (tertiary/aromatic N) is 2. The standard InChI is InChI=1S/C15H28N2O4.Li/c1-4-5-6-7-8-9-14(19)16-11-17(10-12(2)18)13(3)15(20)21;/h7-8,12-13,18H,4-6,9-11H2,1-3H3,(H,16,19)(H,20,21);/q;+1/p-1/b8-7+;. The molecule has 0 spiro atoms. The maximum atomic E-state index is 11.6. The average Bonchev–Trinajstić information content (AvgIpc) is 2.41. The van der Waals surface area contributed by atoms with Crippen molar-refractivity contribution >= 4 is 11.9 Å². The number of unbranched alkanes of at least 4 members (excludes halogenated alkanes) is 2. The smallest absolute Gasteiger partial charge is 0.862 e. The van der Waals surface area contributed by atoms with Gasteiger partial charge in [0.1, 0.15) is 6.04 Å². The van der Waals surface area contributed by atoms with E-state index in [0.717, 1.165) is 19.3 Å². The van der Waals surface area contributed by atoms with Gasteiger partial charge in [0.05, 0.1) is 12.8 Å². The van der Waals surface area contributed by atoms with Crippen LogP contribution in [0.3, 0.4) is 0 Å². The molecule has 7 heteroatoms. The number of hydrogen-bond donors (Lipinski definition) is 2. The van der Waals surface area contributed by atoms with E-state index in [4.69, 9.17) is 5.11 Å². The Kier molecular flexibility index (Phi) is 14.8. The first-order valence-electron chi connectivity index (χ1n) is 7.38. The van der Waals surface area contributed by atoms with E-state index < -0.39 is 18.1 Å². The number of aliphatic hydroxyl groups is 1. The molecule has 122 valence electrons. The number of carboxylic acid groups (broad SMARTS) is 1. The Morgan fingerprint density at radius 3 is 2.50 bits per heavy atom. The zero-order valence-electron chi connectivity index (χ0n) is 14.2. The number of carbonyl (C=O) groups is 1. The second-order valence-electron chi connectivity index (χ2n) is 5.15. The summed E-state index contributed by atoms with van der Waals surface area (Å²) in [6.45, 7) is 5.33. The van der Waals surface area contributed by atoms with Crippen LogP contribution in [-0.2, 0) is 4.79 Å². The van der Waals surface area contributed by atoms with Crippen molar-refractivity contribution in [2.24, 2.45) is 4.99 Å². The monoisotopic (exact) mass is 306 g/mol. The summed E-state index contributed by atoms with van der Waals surface area (Å²) in [7, 11) is 0. The van der Waals surface area contributed by atoms with Crippen molar-refractivity contribution in [3.63, 3.8) is 0 Å². The number of aliphatic imine (C=N–C) groups is 1. The van der Waals surface area contributed by atoms with Crippen molar-refractivity contribution in [3.8, 4) is 0 Å². The van der Waals surface area contributed by atoms with Gasteiger partial charge >= 0.3 is 24.8 Å². The molecule has 0 aliphatic rings. The van der Waals surface area contributed by atoms with Gasteiger partial charge in [-0.1, -0.05) is 31.9 Å². The molecule has 0 fully saturated rings. The zero-order chi connectivity index (χ0) is 16.3. The molecule has 2 atom stereocenters. The average molecular weight is 306 g/mol. The van der Waals surface area contributed by atoms with E-state index in [9.17, 15) is 15.0 Å². The van der Waals surface area contributed by atoms with Crippen LogP contribution in [0.2, 0.25) is 0 Å². The molecule has 0 aliphatic heterocycles. The third-order valence-electron chi connectivity index (χ3n) is 3.02. The van der Waals surface area contributed by atoms with Crippen LogP contribution < -0.4 is 24.0 Å². The number of aliphatic hydroxyl groups excluding tert-OH is 1. The van der Waals surface area contributed by atoms with Crippen LogP contribution in [0.25, 0.3) is 0 Å². The van der Waals surface area contributed by atoms with Gasteiger partial charge in [-0.2, -0.15) is 0 Å². The number of rotatable bonds is 11. The zero-order valence-corrected chi connectivity index (χ0v) is 14.2. The maximum Gasteiger partial charge on any atom is 1.00 e. The van der Waals surface area contributed by atoms with Crippen molar-refractivity contribution in [3.05, 3.63) is 12.2 Å². The molecule has 0 bridgehead atoms. The molecule has 0 saturated heterocycles. The van der Waals surface area contributed by atoms with Gasteiger partial charge in [0, 0.05) is 6.54 Å². The fourth-order valence-electron chi connectivity index (χ4n) is 1.69. The van der Waals surface area contributed by atoms with Crippen LogP contribution in [0, 0.1) is 0 Å². The normalized spacial score (nSPS) is 14.9. The summed E-state index contributed by atoms with van der Waals surface area (Å²) < 4.78 is 0. The molecule has 22 heavy (non-hydrogen) atoms. The summed E-state index contributed by atoms with van der Waals surface area (Å²) in [5.74, 6) is -1.28. The van der Waals surface area contributed by atoms with E-state index >= 15 is 0 Å². The Morgan fingerprint density at radius 1 is 1.36 bits per heavy atom. The van der Waals surface area contributed by atoms with Crippen LogP contribution in [0.15, 0.2) is 17.1 Å². The van der Waals surface area contributed by atoms with E-state index in [2.05, 4.69) is 11.9 Å². The predicted molar refractivity (Wildman–Crippen MR) is 81.1 cm³/mol. The summed E-state index contributed by atoms with van der Waals surface area (Å²) in [4.78, 5) is 16.3. The molecule has 0 rings (SSSR count). The van der Waals surface area contributed by atoms with Crippen molar-refractivity contribution in [2.75, 3.05) is 13.2 Å². The summed E-state index contributed by atoms with van der Waals surface area (Å²) in [5.41, 5.74) is 0. The van der Waals surface area contributed by atoms with Gasteiger partial charge in [0.25, 0.3) is 0 Å². The molecule has 0 radical (unpaired) electrons. The molecule has 0 amide bonds. The second kappa shape index (κ2) is 13.8.